The summed E-state index contributed by atoms with van der Waals surface area (Å²) in [6.07, 6.45) is 0. The topological polar surface area (TPSA) is 53.0 Å². The van der Waals surface area contributed by atoms with Gasteiger partial charge in [-0.05, 0) is 39.7 Å². The molecule has 102 valence electrons. The molecule has 0 radical (unpaired) electrons. The molecule has 2 N–H and O–H groups in total. The normalized spacial score (nSPS) is 10.1. The third kappa shape index (κ3) is 3.60. The van der Waals surface area contributed by atoms with Crippen molar-refractivity contribution in [1.82, 2.24) is 0 Å². The second-order valence-corrected chi connectivity index (χ2v) is 5.33. The minimum Gasteiger partial charge on any atom is -0.366 e. The van der Waals surface area contributed by atoms with Gasteiger partial charge >= 0.3 is 0 Å². The lowest BCUT2D eigenvalue weighted by Gasteiger charge is -2.24. The maximum Gasteiger partial charge on any atom is 0.100 e. The Morgan fingerprint density at radius 3 is 2.50 bits per heavy atom. The van der Waals surface area contributed by atoms with Crippen molar-refractivity contribution in [3.63, 3.8) is 0 Å². The third-order valence-electron chi connectivity index (χ3n) is 3.05. The molecule has 0 spiro atoms. The third-order valence-corrected chi connectivity index (χ3v) is 3.71. The molecule has 0 heterocycles. The lowest BCUT2D eigenvalue weighted by atomic mass is 10.1. The van der Waals surface area contributed by atoms with E-state index in [2.05, 4.69) is 39.0 Å². The standard InChI is InChI=1S/C16H16BrN3/c17-16-10-15(7-6-14(16)11-19)20(9-8-18)12-13-4-2-1-3-5-13/h1-7,10H,8-9,12,18H2. The molecule has 0 bridgehead atoms. The summed E-state index contributed by atoms with van der Waals surface area (Å²) >= 11 is 3.43. The molecule has 2 aromatic rings. The van der Waals surface area contributed by atoms with Gasteiger partial charge in [0.25, 0.3) is 0 Å². The first-order valence-corrected chi connectivity index (χ1v) is 7.22. The Hall–Kier alpha value is -1.83. The second kappa shape index (κ2) is 7.09. The fourth-order valence-corrected chi connectivity index (χ4v) is 2.51. The van der Waals surface area contributed by atoms with Gasteiger partial charge in [0.05, 0.1) is 5.56 Å². The largest absolute Gasteiger partial charge is 0.366 e. The van der Waals surface area contributed by atoms with E-state index in [0.29, 0.717) is 12.1 Å². The van der Waals surface area contributed by atoms with Gasteiger partial charge in [-0.2, -0.15) is 5.26 Å². The molecule has 0 aromatic heterocycles. The Balaban J connectivity index is 2.24. The van der Waals surface area contributed by atoms with Gasteiger partial charge < -0.3 is 10.6 Å². The summed E-state index contributed by atoms with van der Waals surface area (Å²) < 4.78 is 0.813. The lowest BCUT2D eigenvalue weighted by Crippen LogP contribution is -2.28. The van der Waals surface area contributed by atoms with E-state index in [-0.39, 0.29) is 0 Å². The molecule has 0 fully saturated rings. The molecular weight excluding hydrogens is 314 g/mol. The van der Waals surface area contributed by atoms with Gasteiger partial charge in [0.2, 0.25) is 0 Å². The van der Waals surface area contributed by atoms with Gasteiger partial charge in [-0.3, -0.25) is 0 Å². The van der Waals surface area contributed by atoms with Crippen LogP contribution in [0.4, 0.5) is 5.69 Å². The van der Waals surface area contributed by atoms with Crippen LogP contribution >= 0.6 is 15.9 Å². The number of hydrogen-bond donors (Lipinski definition) is 1. The Labute approximate surface area is 127 Å². The van der Waals surface area contributed by atoms with Crippen LogP contribution in [0.1, 0.15) is 11.1 Å². The number of halogens is 1. The minimum atomic E-state index is 0.588. The molecule has 0 saturated carbocycles. The van der Waals surface area contributed by atoms with E-state index < -0.39 is 0 Å². The van der Waals surface area contributed by atoms with Gasteiger partial charge in [-0.25, -0.2) is 0 Å². The summed E-state index contributed by atoms with van der Waals surface area (Å²) in [5.74, 6) is 0. The molecule has 20 heavy (non-hydrogen) atoms. The molecule has 4 heteroatoms. The van der Waals surface area contributed by atoms with E-state index in [1.54, 1.807) is 0 Å². The van der Waals surface area contributed by atoms with Crippen molar-refractivity contribution < 1.29 is 0 Å². The zero-order valence-corrected chi connectivity index (χ0v) is 12.7. The summed E-state index contributed by atoms with van der Waals surface area (Å²) in [5, 5.41) is 8.97. The molecule has 0 aliphatic heterocycles. The van der Waals surface area contributed by atoms with E-state index in [4.69, 9.17) is 11.0 Å². The smallest absolute Gasteiger partial charge is 0.100 e. The predicted molar refractivity (Wildman–Crippen MR) is 85.4 cm³/mol. The Morgan fingerprint density at radius 1 is 1.15 bits per heavy atom. The summed E-state index contributed by atoms with van der Waals surface area (Å²) in [6.45, 7) is 2.16. The highest BCUT2D eigenvalue weighted by molar-refractivity contribution is 9.10. The van der Waals surface area contributed by atoms with Crippen molar-refractivity contribution in [1.29, 1.82) is 5.26 Å². The van der Waals surface area contributed by atoms with E-state index in [1.807, 2.05) is 36.4 Å². The molecule has 0 aliphatic rings. The van der Waals surface area contributed by atoms with Crippen molar-refractivity contribution in [3.05, 3.63) is 64.1 Å². The Bertz CT molecular complexity index is 605. The first kappa shape index (κ1) is 14.6. The van der Waals surface area contributed by atoms with Crippen LogP contribution in [0, 0.1) is 11.3 Å². The van der Waals surface area contributed by atoms with Gasteiger partial charge in [-0.15, -0.1) is 0 Å². The maximum atomic E-state index is 8.97. The zero-order chi connectivity index (χ0) is 14.4. The highest BCUT2D eigenvalue weighted by Crippen LogP contribution is 2.24. The van der Waals surface area contributed by atoms with Gasteiger partial charge in [0.15, 0.2) is 0 Å². The molecular formula is C16H16BrN3. The average Bonchev–Trinajstić information content (AvgIpc) is 2.48. The molecule has 0 unspecified atom stereocenters. The van der Waals surface area contributed by atoms with Crippen LogP contribution in [0.25, 0.3) is 0 Å². The number of rotatable bonds is 5. The molecule has 2 rings (SSSR count). The second-order valence-electron chi connectivity index (χ2n) is 4.47. The highest BCUT2D eigenvalue weighted by Gasteiger charge is 2.09. The zero-order valence-electron chi connectivity index (χ0n) is 11.1. The van der Waals surface area contributed by atoms with E-state index in [9.17, 15) is 0 Å². The predicted octanol–water partition coefficient (Wildman–Crippen LogP) is 3.29. The van der Waals surface area contributed by atoms with Gasteiger partial charge in [0.1, 0.15) is 6.07 Å². The lowest BCUT2D eigenvalue weighted by molar-refractivity contribution is 0.790. The first-order valence-electron chi connectivity index (χ1n) is 6.43. The number of benzene rings is 2. The van der Waals surface area contributed by atoms with Crippen LogP contribution in [-0.2, 0) is 6.54 Å². The Morgan fingerprint density at radius 2 is 1.90 bits per heavy atom. The number of nitrogens with zero attached hydrogens (tertiary/aromatic N) is 2. The van der Waals surface area contributed by atoms with E-state index in [0.717, 1.165) is 23.2 Å². The van der Waals surface area contributed by atoms with E-state index >= 15 is 0 Å². The van der Waals surface area contributed by atoms with Crippen LogP contribution in [-0.4, -0.2) is 13.1 Å². The maximum absolute atomic E-state index is 8.97. The minimum absolute atomic E-state index is 0.588. The average molecular weight is 330 g/mol. The van der Waals surface area contributed by atoms with Crippen LogP contribution in [0.2, 0.25) is 0 Å². The quantitative estimate of drug-likeness (QED) is 0.915. The molecule has 2 aromatic carbocycles. The number of hydrogen-bond acceptors (Lipinski definition) is 3. The number of anilines is 1. The van der Waals surface area contributed by atoms with Crippen LogP contribution in [0.15, 0.2) is 53.0 Å². The van der Waals surface area contributed by atoms with Crippen molar-refractivity contribution in [2.24, 2.45) is 5.73 Å². The van der Waals surface area contributed by atoms with Crippen LogP contribution < -0.4 is 10.6 Å². The number of nitriles is 1. The fraction of sp³-hybridized carbons (Fsp3) is 0.188. The van der Waals surface area contributed by atoms with Crippen molar-refractivity contribution >= 4 is 21.6 Å². The van der Waals surface area contributed by atoms with Crippen molar-refractivity contribution in [3.8, 4) is 6.07 Å². The fourth-order valence-electron chi connectivity index (χ4n) is 2.05. The summed E-state index contributed by atoms with van der Waals surface area (Å²) in [6, 6.07) is 18.2. The first-order chi connectivity index (χ1) is 9.74. The van der Waals surface area contributed by atoms with Gasteiger partial charge in [-0.1, -0.05) is 30.3 Å². The molecule has 3 nitrogen and oxygen atoms in total. The monoisotopic (exact) mass is 329 g/mol. The molecule has 0 amide bonds. The summed E-state index contributed by atoms with van der Waals surface area (Å²) in [5.41, 5.74) is 8.65. The van der Waals surface area contributed by atoms with Crippen LogP contribution in [0.3, 0.4) is 0 Å². The highest BCUT2D eigenvalue weighted by atomic mass is 79.9. The number of nitrogens with two attached hydrogens (primary N) is 1. The van der Waals surface area contributed by atoms with Crippen LogP contribution in [0.5, 0.6) is 0 Å². The SMILES string of the molecule is N#Cc1ccc(N(CCN)Cc2ccccc2)cc1Br. The molecule has 0 saturated heterocycles. The summed E-state index contributed by atoms with van der Waals surface area (Å²) in [4.78, 5) is 2.21. The Kier molecular flexibility index (Phi) is 5.16. The summed E-state index contributed by atoms with van der Waals surface area (Å²) in [7, 11) is 0. The molecule has 0 aliphatic carbocycles. The van der Waals surface area contributed by atoms with E-state index in [1.165, 1.54) is 5.56 Å². The van der Waals surface area contributed by atoms with Crippen molar-refractivity contribution in [2.75, 3.05) is 18.0 Å². The van der Waals surface area contributed by atoms with Crippen molar-refractivity contribution in [2.45, 2.75) is 6.54 Å². The molecule has 0 atom stereocenters. The van der Waals surface area contributed by atoms with Gasteiger partial charge in [0, 0.05) is 29.8 Å².